The Balaban J connectivity index is 2.00. The number of aryl methyl sites for hydroxylation is 1. The zero-order valence-corrected chi connectivity index (χ0v) is 10.2. The average Bonchev–Trinajstić information content (AvgIpc) is 2.38. The molecule has 1 aliphatic rings. The van der Waals surface area contributed by atoms with Crippen molar-refractivity contribution in [1.29, 1.82) is 5.26 Å². The van der Waals surface area contributed by atoms with E-state index in [9.17, 15) is 0 Å². The van der Waals surface area contributed by atoms with Gasteiger partial charge in [0.25, 0.3) is 0 Å². The van der Waals surface area contributed by atoms with E-state index in [0.29, 0.717) is 11.5 Å². The smallest absolute Gasteiger partial charge is 0.139 e. The number of hydrogen-bond donors (Lipinski definition) is 1. The fourth-order valence-corrected chi connectivity index (χ4v) is 2.18. The van der Waals surface area contributed by atoms with Gasteiger partial charge in [0.1, 0.15) is 11.8 Å². The highest BCUT2D eigenvalue weighted by molar-refractivity contribution is 5.47. The molecular formula is C14H18N2O. The van der Waals surface area contributed by atoms with Gasteiger partial charge in [-0.1, -0.05) is 12.1 Å². The molecule has 3 nitrogen and oxygen atoms in total. The summed E-state index contributed by atoms with van der Waals surface area (Å²) in [6.45, 7) is 4.86. The lowest BCUT2D eigenvalue weighted by Gasteiger charge is -2.23. The molecule has 3 heteroatoms. The van der Waals surface area contributed by atoms with Crippen LogP contribution in [-0.2, 0) is 0 Å². The topological polar surface area (TPSA) is 45.0 Å². The Labute approximate surface area is 102 Å². The quantitative estimate of drug-likeness (QED) is 0.866. The van der Waals surface area contributed by atoms with Gasteiger partial charge in [-0.05, 0) is 50.4 Å². The number of hydrogen-bond acceptors (Lipinski definition) is 3. The second-order valence-electron chi connectivity index (χ2n) is 4.57. The van der Waals surface area contributed by atoms with E-state index < -0.39 is 0 Å². The van der Waals surface area contributed by atoms with Crippen LogP contribution in [0.5, 0.6) is 5.75 Å². The van der Waals surface area contributed by atoms with Gasteiger partial charge in [-0.3, -0.25) is 0 Å². The molecule has 0 atom stereocenters. The van der Waals surface area contributed by atoms with Crippen LogP contribution in [-0.4, -0.2) is 19.7 Å². The molecule has 1 aliphatic heterocycles. The zero-order valence-electron chi connectivity index (χ0n) is 10.2. The van der Waals surface area contributed by atoms with Gasteiger partial charge in [0.05, 0.1) is 12.2 Å². The molecule has 0 aromatic heterocycles. The van der Waals surface area contributed by atoms with Crippen molar-refractivity contribution in [3.05, 3.63) is 29.3 Å². The van der Waals surface area contributed by atoms with Crippen LogP contribution >= 0.6 is 0 Å². The van der Waals surface area contributed by atoms with Crippen molar-refractivity contribution in [1.82, 2.24) is 5.32 Å². The molecule has 0 aliphatic carbocycles. The first-order valence-electron chi connectivity index (χ1n) is 6.14. The fourth-order valence-electron chi connectivity index (χ4n) is 2.18. The average molecular weight is 230 g/mol. The molecule has 17 heavy (non-hydrogen) atoms. The minimum Gasteiger partial charge on any atom is -0.492 e. The fraction of sp³-hybridized carbons (Fsp3) is 0.500. The van der Waals surface area contributed by atoms with Gasteiger partial charge in [0.15, 0.2) is 0 Å². The molecule has 1 saturated heterocycles. The van der Waals surface area contributed by atoms with Crippen molar-refractivity contribution in [2.75, 3.05) is 19.7 Å². The Kier molecular flexibility index (Phi) is 4.00. The third-order valence-corrected chi connectivity index (χ3v) is 3.25. The molecule has 1 aromatic carbocycles. The van der Waals surface area contributed by atoms with Crippen LogP contribution in [0.15, 0.2) is 18.2 Å². The summed E-state index contributed by atoms with van der Waals surface area (Å²) in [6.07, 6.45) is 2.32. The first kappa shape index (κ1) is 11.9. The largest absolute Gasteiger partial charge is 0.492 e. The van der Waals surface area contributed by atoms with Crippen LogP contribution in [0.3, 0.4) is 0 Å². The van der Waals surface area contributed by atoms with E-state index in [1.807, 2.05) is 25.1 Å². The molecule has 1 aromatic rings. The first-order valence-corrected chi connectivity index (χ1v) is 6.14. The summed E-state index contributed by atoms with van der Waals surface area (Å²) in [7, 11) is 0. The molecule has 0 bridgehead atoms. The van der Waals surface area contributed by atoms with E-state index in [2.05, 4.69) is 11.4 Å². The third-order valence-electron chi connectivity index (χ3n) is 3.25. The number of para-hydroxylation sites is 1. The van der Waals surface area contributed by atoms with Crippen LogP contribution in [0.25, 0.3) is 0 Å². The van der Waals surface area contributed by atoms with Crippen molar-refractivity contribution < 1.29 is 4.74 Å². The van der Waals surface area contributed by atoms with Gasteiger partial charge >= 0.3 is 0 Å². The highest BCUT2D eigenvalue weighted by Gasteiger charge is 2.15. The van der Waals surface area contributed by atoms with E-state index in [4.69, 9.17) is 10.00 Å². The molecule has 0 spiro atoms. The van der Waals surface area contributed by atoms with Crippen molar-refractivity contribution in [3.63, 3.8) is 0 Å². The van der Waals surface area contributed by atoms with E-state index in [-0.39, 0.29) is 0 Å². The van der Waals surface area contributed by atoms with Crippen LogP contribution in [0.4, 0.5) is 0 Å². The van der Waals surface area contributed by atoms with Gasteiger partial charge in [0.2, 0.25) is 0 Å². The second-order valence-corrected chi connectivity index (χ2v) is 4.57. The number of ether oxygens (including phenoxy) is 1. The molecule has 2 rings (SSSR count). The van der Waals surface area contributed by atoms with Crippen molar-refractivity contribution in [3.8, 4) is 11.8 Å². The maximum Gasteiger partial charge on any atom is 0.139 e. The SMILES string of the molecule is Cc1cccc(C#N)c1OCC1CCNCC1. The minimum absolute atomic E-state index is 0.613. The van der Waals surface area contributed by atoms with E-state index in [1.165, 1.54) is 0 Å². The van der Waals surface area contributed by atoms with Gasteiger partial charge < -0.3 is 10.1 Å². The summed E-state index contributed by atoms with van der Waals surface area (Å²) in [5, 5.41) is 12.4. The maximum atomic E-state index is 9.04. The van der Waals surface area contributed by atoms with Crippen LogP contribution in [0, 0.1) is 24.2 Å². The Bertz CT molecular complexity index is 417. The Morgan fingerprint density at radius 2 is 2.18 bits per heavy atom. The lowest BCUT2D eigenvalue weighted by atomic mass is 9.99. The maximum absolute atomic E-state index is 9.04. The summed E-state index contributed by atoms with van der Waals surface area (Å²) in [4.78, 5) is 0. The Morgan fingerprint density at radius 1 is 1.41 bits per heavy atom. The summed E-state index contributed by atoms with van der Waals surface area (Å²) in [5.74, 6) is 1.37. The van der Waals surface area contributed by atoms with Gasteiger partial charge in [0, 0.05) is 0 Å². The third kappa shape index (κ3) is 2.98. The van der Waals surface area contributed by atoms with Crippen molar-refractivity contribution >= 4 is 0 Å². The summed E-state index contributed by atoms with van der Waals surface area (Å²) >= 11 is 0. The first-order chi connectivity index (χ1) is 8.31. The standard InChI is InChI=1S/C14H18N2O/c1-11-3-2-4-13(9-15)14(11)17-10-12-5-7-16-8-6-12/h2-4,12,16H,5-8,10H2,1H3. The molecule has 1 N–H and O–H groups in total. The summed E-state index contributed by atoms with van der Waals surface area (Å²) in [6, 6.07) is 7.88. The molecule has 0 amide bonds. The number of benzene rings is 1. The van der Waals surface area contributed by atoms with Gasteiger partial charge in [-0.2, -0.15) is 5.26 Å². The van der Waals surface area contributed by atoms with E-state index in [0.717, 1.165) is 43.9 Å². The Morgan fingerprint density at radius 3 is 2.88 bits per heavy atom. The van der Waals surface area contributed by atoms with Crippen molar-refractivity contribution in [2.24, 2.45) is 5.92 Å². The van der Waals surface area contributed by atoms with E-state index in [1.54, 1.807) is 0 Å². The van der Waals surface area contributed by atoms with Crippen LogP contribution in [0.2, 0.25) is 0 Å². The highest BCUT2D eigenvalue weighted by Crippen LogP contribution is 2.24. The number of nitriles is 1. The predicted molar refractivity (Wildman–Crippen MR) is 67.0 cm³/mol. The van der Waals surface area contributed by atoms with Crippen molar-refractivity contribution in [2.45, 2.75) is 19.8 Å². The monoisotopic (exact) mass is 230 g/mol. The molecule has 0 unspecified atom stereocenters. The number of piperidine rings is 1. The summed E-state index contributed by atoms with van der Waals surface area (Å²) < 4.78 is 5.85. The molecule has 0 radical (unpaired) electrons. The molecular weight excluding hydrogens is 212 g/mol. The number of nitrogens with one attached hydrogen (secondary N) is 1. The lowest BCUT2D eigenvalue weighted by Crippen LogP contribution is -2.30. The molecule has 1 fully saturated rings. The van der Waals surface area contributed by atoms with Gasteiger partial charge in [-0.25, -0.2) is 0 Å². The van der Waals surface area contributed by atoms with Gasteiger partial charge in [-0.15, -0.1) is 0 Å². The zero-order chi connectivity index (χ0) is 12.1. The Hall–Kier alpha value is -1.53. The molecule has 90 valence electrons. The lowest BCUT2D eigenvalue weighted by molar-refractivity contribution is 0.214. The summed E-state index contributed by atoms with van der Waals surface area (Å²) in [5.41, 5.74) is 1.68. The number of nitrogens with zero attached hydrogens (tertiary/aromatic N) is 1. The normalized spacial score (nSPS) is 16.5. The molecule has 0 saturated carbocycles. The van der Waals surface area contributed by atoms with Crippen LogP contribution in [0.1, 0.15) is 24.0 Å². The number of rotatable bonds is 3. The minimum atomic E-state index is 0.613. The predicted octanol–water partition coefficient (Wildman–Crippen LogP) is 2.25. The van der Waals surface area contributed by atoms with E-state index >= 15 is 0 Å². The highest BCUT2D eigenvalue weighted by atomic mass is 16.5. The second kappa shape index (κ2) is 5.70. The molecule has 1 heterocycles. The van der Waals surface area contributed by atoms with Crippen LogP contribution < -0.4 is 10.1 Å².